The molecule has 3 nitrogen and oxygen atoms in total. The van der Waals surface area contributed by atoms with E-state index < -0.39 is 0 Å². The summed E-state index contributed by atoms with van der Waals surface area (Å²) in [6, 6.07) is 18.4. The van der Waals surface area contributed by atoms with Crippen LogP contribution in [0.5, 0.6) is 0 Å². The van der Waals surface area contributed by atoms with Crippen LogP contribution in [0.25, 0.3) is 21.8 Å². The van der Waals surface area contributed by atoms with E-state index in [0.717, 1.165) is 6.54 Å². The molecule has 2 aromatic carbocycles. The Bertz CT molecular complexity index is 805. The molecule has 0 amide bonds. The summed E-state index contributed by atoms with van der Waals surface area (Å²) in [5, 5.41) is 13.4. The van der Waals surface area contributed by atoms with Crippen LogP contribution in [0.15, 0.2) is 48.5 Å². The average Bonchev–Trinajstić information content (AvgIpc) is 2.93. The highest BCUT2D eigenvalue weighted by atomic mass is 16.3. The van der Waals surface area contributed by atoms with Crippen LogP contribution in [0.2, 0.25) is 0 Å². The monoisotopic (exact) mass is 337 g/mol. The van der Waals surface area contributed by atoms with Gasteiger partial charge in [-0.1, -0.05) is 36.4 Å². The molecule has 2 heterocycles. The number of aliphatic hydroxyl groups is 1. The van der Waals surface area contributed by atoms with E-state index in [0.29, 0.717) is 18.6 Å². The number of aliphatic hydroxyl groups excluding tert-OH is 1. The van der Waals surface area contributed by atoms with E-state index in [-0.39, 0.29) is 6.10 Å². The van der Waals surface area contributed by atoms with Gasteiger partial charge in [0.25, 0.3) is 0 Å². The number of para-hydroxylation sites is 2. The Labute approximate surface area is 149 Å². The van der Waals surface area contributed by atoms with Crippen LogP contribution in [0.4, 0.5) is 0 Å². The van der Waals surface area contributed by atoms with Crippen LogP contribution in [0, 0.1) is 0 Å². The number of benzene rings is 2. The van der Waals surface area contributed by atoms with Gasteiger partial charge in [-0.15, -0.1) is 0 Å². The molecule has 1 aromatic heterocycles. The van der Waals surface area contributed by atoms with Gasteiger partial charge in [0.2, 0.25) is 0 Å². The van der Waals surface area contributed by atoms with E-state index in [1.165, 1.54) is 41.1 Å². The molecule has 25 heavy (non-hydrogen) atoms. The number of hydrogen-bond acceptors (Lipinski definition) is 1. The number of rotatable bonds is 4. The molecule has 1 saturated heterocycles. The molecule has 1 aliphatic rings. The van der Waals surface area contributed by atoms with Crippen molar-refractivity contribution in [3.63, 3.8) is 0 Å². The molecule has 3 heteroatoms. The second-order valence-corrected chi connectivity index (χ2v) is 7.81. The van der Waals surface area contributed by atoms with Crippen molar-refractivity contribution in [2.75, 3.05) is 6.54 Å². The van der Waals surface area contributed by atoms with Crippen LogP contribution in [0.3, 0.4) is 0 Å². The molecule has 1 aliphatic heterocycles. The highest BCUT2D eigenvalue weighted by Gasteiger charge is 2.30. The third-order valence-corrected chi connectivity index (χ3v) is 6.08. The van der Waals surface area contributed by atoms with Crippen molar-refractivity contribution in [1.29, 1.82) is 0 Å². The van der Waals surface area contributed by atoms with Crippen molar-refractivity contribution in [3.8, 4) is 0 Å². The number of nitrogens with one attached hydrogen (secondary N) is 1. The first-order valence-corrected chi connectivity index (χ1v) is 9.64. The minimum atomic E-state index is -0.322. The molecule has 0 saturated carbocycles. The first-order chi connectivity index (χ1) is 12.1. The maximum atomic E-state index is 10.9. The van der Waals surface area contributed by atoms with Gasteiger partial charge in [-0.05, 0) is 45.2 Å². The summed E-state index contributed by atoms with van der Waals surface area (Å²) in [6.07, 6.45) is 3.57. The fourth-order valence-corrected chi connectivity index (χ4v) is 4.74. The summed E-state index contributed by atoms with van der Waals surface area (Å²) < 4.78 is 2.30. The van der Waals surface area contributed by atoms with Crippen molar-refractivity contribution in [2.45, 2.75) is 57.8 Å². The molecular formula is C22H29N2O+. The van der Waals surface area contributed by atoms with Gasteiger partial charge in [-0.3, -0.25) is 0 Å². The predicted octanol–water partition coefficient (Wildman–Crippen LogP) is 3.00. The van der Waals surface area contributed by atoms with E-state index in [9.17, 15) is 5.11 Å². The van der Waals surface area contributed by atoms with E-state index >= 15 is 0 Å². The Morgan fingerprint density at radius 3 is 2.04 bits per heavy atom. The van der Waals surface area contributed by atoms with Crippen LogP contribution in [-0.4, -0.2) is 34.4 Å². The van der Waals surface area contributed by atoms with Crippen molar-refractivity contribution >= 4 is 21.8 Å². The Balaban J connectivity index is 1.63. The van der Waals surface area contributed by atoms with Gasteiger partial charge < -0.3 is 14.6 Å². The lowest BCUT2D eigenvalue weighted by molar-refractivity contribution is -0.954. The van der Waals surface area contributed by atoms with Gasteiger partial charge in [-0.25, -0.2) is 0 Å². The molecule has 0 aliphatic carbocycles. The summed E-state index contributed by atoms with van der Waals surface area (Å²) in [5.74, 6) is 0. The number of nitrogens with zero attached hydrogens (tertiary/aromatic N) is 1. The van der Waals surface area contributed by atoms with Crippen LogP contribution < -0.4 is 4.90 Å². The molecule has 3 atom stereocenters. The largest absolute Gasteiger partial charge is 0.385 e. The number of aromatic nitrogens is 1. The molecular weight excluding hydrogens is 308 g/mol. The van der Waals surface area contributed by atoms with E-state index in [4.69, 9.17) is 0 Å². The standard InChI is InChI=1S/C22H28N2O/c1-16-8-7-9-17(2)23(16)14-18(25)15-24-21-12-5-3-10-19(21)20-11-4-6-13-22(20)24/h3-6,10-13,16-18,25H,7-9,14-15H2,1-2H3/p+1/t16-,17-,18-/m0/s1. The van der Waals surface area contributed by atoms with Gasteiger partial charge in [0.05, 0.1) is 18.6 Å². The van der Waals surface area contributed by atoms with Crippen molar-refractivity contribution in [2.24, 2.45) is 0 Å². The normalized spacial score (nSPS) is 23.3. The Morgan fingerprint density at radius 2 is 1.48 bits per heavy atom. The second-order valence-electron chi connectivity index (χ2n) is 7.81. The molecule has 2 N–H and O–H groups in total. The van der Waals surface area contributed by atoms with Crippen LogP contribution in [0.1, 0.15) is 33.1 Å². The molecule has 0 unspecified atom stereocenters. The first kappa shape index (κ1) is 16.6. The summed E-state index contributed by atoms with van der Waals surface area (Å²) in [4.78, 5) is 1.57. The number of hydrogen-bond donors (Lipinski definition) is 2. The molecule has 132 valence electrons. The number of piperidine rings is 1. The Morgan fingerprint density at radius 1 is 0.960 bits per heavy atom. The quantitative estimate of drug-likeness (QED) is 0.753. The van der Waals surface area contributed by atoms with Crippen molar-refractivity contribution < 1.29 is 10.0 Å². The zero-order chi connectivity index (χ0) is 17.4. The third-order valence-electron chi connectivity index (χ3n) is 6.08. The lowest BCUT2D eigenvalue weighted by atomic mass is 9.97. The fourth-order valence-electron chi connectivity index (χ4n) is 4.74. The third kappa shape index (κ3) is 3.07. The van der Waals surface area contributed by atoms with Crippen molar-refractivity contribution in [1.82, 2.24) is 4.57 Å². The van der Waals surface area contributed by atoms with Gasteiger partial charge in [0, 0.05) is 21.8 Å². The fraction of sp³-hybridized carbons (Fsp3) is 0.455. The predicted molar refractivity (Wildman–Crippen MR) is 104 cm³/mol. The second kappa shape index (κ2) is 6.81. The first-order valence-electron chi connectivity index (χ1n) is 9.64. The number of quaternary nitrogens is 1. The van der Waals surface area contributed by atoms with Crippen molar-refractivity contribution in [3.05, 3.63) is 48.5 Å². The summed E-state index contributed by atoms with van der Waals surface area (Å²) in [6.45, 7) is 6.16. The molecule has 1 fully saturated rings. The minimum absolute atomic E-state index is 0.322. The number of likely N-dealkylation sites (tertiary alicyclic amines) is 1. The number of fused-ring (bicyclic) bond motifs is 3. The maximum absolute atomic E-state index is 10.9. The SMILES string of the molecule is C[C@H]1CCC[C@H](C)[NH+]1C[C@H](O)Cn1c2ccccc2c2ccccc21. The topological polar surface area (TPSA) is 29.6 Å². The molecule has 0 radical (unpaired) electrons. The lowest BCUT2D eigenvalue weighted by Gasteiger charge is -2.37. The Kier molecular flexibility index (Phi) is 4.53. The minimum Gasteiger partial charge on any atom is -0.385 e. The highest BCUT2D eigenvalue weighted by Crippen LogP contribution is 2.28. The zero-order valence-corrected chi connectivity index (χ0v) is 15.3. The highest BCUT2D eigenvalue weighted by molar-refractivity contribution is 6.07. The molecule has 3 aromatic rings. The van der Waals surface area contributed by atoms with E-state index in [1.807, 2.05) is 0 Å². The van der Waals surface area contributed by atoms with Crippen LogP contribution in [-0.2, 0) is 6.54 Å². The molecule has 4 rings (SSSR count). The molecule has 0 spiro atoms. The Hall–Kier alpha value is -1.84. The van der Waals surface area contributed by atoms with E-state index in [1.54, 1.807) is 4.90 Å². The summed E-state index contributed by atoms with van der Waals surface area (Å²) >= 11 is 0. The van der Waals surface area contributed by atoms with Gasteiger partial charge in [-0.2, -0.15) is 0 Å². The average molecular weight is 337 g/mol. The summed E-state index contributed by atoms with van der Waals surface area (Å²) in [7, 11) is 0. The smallest absolute Gasteiger partial charge is 0.121 e. The van der Waals surface area contributed by atoms with Gasteiger partial charge in [0.15, 0.2) is 0 Å². The maximum Gasteiger partial charge on any atom is 0.121 e. The van der Waals surface area contributed by atoms with Gasteiger partial charge in [0.1, 0.15) is 12.6 Å². The summed E-state index contributed by atoms with van der Waals surface area (Å²) in [5.41, 5.74) is 2.44. The van der Waals surface area contributed by atoms with Crippen LogP contribution >= 0.6 is 0 Å². The van der Waals surface area contributed by atoms with Gasteiger partial charge >= 0.3 is 0 Å². The molecule has 0 bridgehead atoms. The van der Waals surface area contributed by atoms with E-state index in [2.05, 4.69) is 66.9 Å². The lowest BCUT2D eigenvalue weighted by Crippen LogP contribution is -3.20. The zero-order valence-electron chi connectivity index (χ0n) is 15.3.